The molecule has 0 radical (unpaired) electrons. The van der Waals surface area contributed by atoms with E-state index in [1.807, 2.05) is 0 Å². The normalized spacial score (nSPS) is 23.8. The van der Waals surface area contributed by atoms with E-state index in [1.54, 1.807) is 13.4 Å². The van der Waals surface area contributed by atoms with Crippen LogP contribution in [0.4, 0.5) is 6.01 Å². The van der Waals surface area contributed by atoms with Crippen LogP contribution in [0.2, 0.25) is 0 Å². The van der Waals surface area contributed by atoms with Gasteiger partial charge >= 0.3 is 0 Å². The molecule has 1 unspecified atom stereocenters. The fraction of sp³-hybridized carbons (Fsp3) is 0.786. The summed E-state index contributed by atoms with van der Waals surface area (Å²) in [6, 6.07) is 1.48. The van der Waals surface area contributed by atoms with E-state index in [1.165, 1.54) is 25.7 Å². The van der Waals surface area contributed by atoms with Gasteiger partial charge in [0.25, 0.3) is 6.01 Å². The van der Waals surface area contributed by atoms with Crippen LogP contribution in [-0.2, 0) is 11.3 Å². The van der Waals surface area contributed by atoms with Crippen LogP contribution < -0.4 is 10.2 Å². The molecule has 106 valence electrons. The number of hydrogen-bond donors (Lipinski definition) is 1. The summed E-state index contributed by atoms with van der Waals surface area (Å²) in [5, 5.41) is 3.46. The van der Waals surface area contributed by atoms with Crippen LogP contribution in [0.5, 0.6) is 0 Å². The lowest BCUT2D eigenvalue weighted by atomic mass is 9.99. The Morgan fingerprint density at radius 2 is 2.37 bits per heavy atom. The van der Waals surface area contributed by atoms with Gasteiger partial charge in [-0.1, -0.05) is 0 Å². The maximum Gasteiger partial charge on any atom is 0.297 e. The molecule has 1 aliphatic heterocycles. The fourth-order valence-corrected chi connectivity index (χ4v) is 2.67. The quantitative estimate of drug-likeness (QED) is 0.850. The number of aromatic nitrogens is 1. The monoisotopic (exact) mass is 265 g/mol. The van der Waals surface area contributed by atoms with Crippen LogP contribution in [0, 0.1) is 5.92 Å². The highest BCUT2D eigenvalue weighted by Crippen LogP contribution is 2.23. The molecule has 2 aliphatic rings. The Kier molecular flexibility index (Phi) is 4.03. The molecule has 3 rings (SSSR count). The molecule has 1 aromatic heterocycles. The summed E-state index contributed by atoms with van der Waals surface area (Å²) in [7, 11) is 1.77. The number of hydrogen-bond acceptors (Lipinski definition) is 5. The van der Waals surface area contributed by atoms with Gasteiger partial charge in [0.1, 0.15) is 6.26 Å². The zero-order valence-corrected chi connectivity index (χ0v) is 11.6. The average molecular weight is 265 g/mol. The SMILES string of the molecule is COCC1CCCN(c2nc(CNC3CC3)co2)C1. The van der Waals surface area contributed by atoms with E-state index < -0.39 is 0 Å². The van der Waals surface area contributed by atoms with Crippen LogP contribution in [-0.4, -0.2) is 37.8 Å². The topological polar surface area (TPSA) is 50.5 Å². The van der Waals surface area contributed by atoms with E-state index in [0.29, 0.717) is 12.0 Å². The van der Waals surface area contributed by atoms with Crippen molar-refractivity contribution in [2.24, 2.45) is 5.92 Å². The first kappa shape index (κ1) is 12.9. The van der Waals surface area contributed by atoms with E-state index in [-0.39, 0.29) is 0 Å². The molecular formula is C14H23N3O2. The third kappa shape index (κ3) is 3.48. The lowest BCUT2D eigenvalue weighted by Crippen LogP contribution is -2.37. The van der Waals surface area contributed by atoms with Crippen molar-refractivity contribution in [2.75, 3.05) is 31.7 Å². The summed E-state index contributed by atoms with van der Waals surface area (Å²) >= 11 is 0. The summed E-state index contributed by atoms with van der Waals surface area (Å²) < 4.78 is 10.9. The van der Waals surface area contributed by atoms with Crippen LogP contribution in [0.25, 0.3) is 0 Å². The van der Waals surface area contributed by atoms with Gasteiger partial charge in [-0.3, -0.25) is 0 Å². The van der Waals surface area contributed by atoms with Crippen LogP contribution in [0.3, 0.4) is 0 Å². The number of rotatable bonds is 6. The standard InChI is InChI=1S/C14H23N3O2/c1-18-9-11-3-2-6-17(8-11)14-16-13(10-19-14)7-15-12-4-5-12/h10-12,15H,2-9H2,1H3. The van der Waals surface area contributed by atoms with Gasteiger partial charge in [-0.25, -0.2) is 0 Å². The Morgan fingerprint density at radius 3 is 3.16 bits per heavy atom. The minimum atomic E-state index is 0.596. The molecule has 1 atom stereocenters. The molecule has 5 heteroatoms. The van der Waals surface area contributed by atoms with Crippen LogP contribution >= 0.6 is 0 Å². The van der Waals surface area contributed by atoms with Crippen molar-refractivity contribution in [3.8, 4) is 0 Å². The fourth-order valence-electron chi connectivity index (χ4n) is 2.67. The first-order valence-electron chi connectivity index (χ1n) is 7.27. The first-order valence-corrected chi connectivity index (χ1v) is 7.27. The number of methoxy groups -OCH3 is 1. The number of anilines is 1. The molecule has 1 saturated heterocycles. The van der Waals surface area contributed by atoms with Gasteiger partial charge in [0, 0.05) is 32.8 Å². The molecule has 1 N–H and O–H groups in total. The molecule has 1 aliphatic carbocycles. The molecule has 2 fully saturated rings. The third-order valence-electron chi connectivity index (χ3n) is 3.88. The Balaban J connectivity index is 1.54. The van der Waals surface area contributed by atoms with E-state index >= 15 is 0 Å². The molecule has 1 aromatic rings. The second-order valence-corrected chi connectivity index (χ2v) is 5.69. The van der Waals surface area contributed by atoms with E-state index in [2.05, 4.69) is 15.2 Å². The van der Waals surface area contributed by atoms with Crippen LogP contribution in [0.15, 0.2) is 10.7 Å². The molecule has 19 heavy (non-hydrogen) atoms. The first-order chi connectivity index (χ1) is 9.35. The van der Waals surface area contributed by atoms with Crippen molar-refractivity contribution in [3.63, 3.8) is 0 Å². The lowest BCUT2D eigenvalue weighted by Gasteiger charge is -2.31. The van der Waals surface area contributed by atoms with E-state index in [0.717, 1.165) is 37.9 Å². The van der Waals surface area contributed by atoms with Crippen molar-refractivity contribution in [1.29, 1.82) is 0 Å². The number of piperidine rings is 1. The largest absolute Gasteiger partial charge is 0.432 e. The number of nitrogens with zero attached hydrogens (tertiary/aromatic N) is 2. The van der Waals surface area contributed by atoms with Gasteiger partial charge in [-0.15, -0.1) is 0 Å². The predicted octanol–water partition coefficient (Wildman–Crippen LogP) is 1.79. The van der Waals surface area contributed by atoms with Gasteiger partial charge in [0.15, 0.2) is 0 Å². The van der Waals surface area contributed by atoms with Gasteiger partial charge in [0.2, 0.25) is 0 Å². The van der Waals surface area contributed by atoms with Crippen LogP contribution in [0.1, 0.15) is 31.4 Å². The molecule has 5 nitrogen and oxygen atoms in total. The number of nitrogens with one attached hydrogen (secondary N) is 1. The highest BCUT2D eigenvalue weighted by Gasteiger charge is 2.24. The number of ether oxygens (including phenoxy) is 1. The Hall–Kier alpha value is -1.07. The molecule has 0 aromatic carbocycles. The maximum atomic E-state index is 5.62. The van der Waals surface area contributed by atoms with Gasteiger partial charge < -0.3 is 19.4 Å². The number of oxazole rings is 1. The molecule has 0 amide bonds. The Morgan fingerprint density at radius 1 is 1.47 bits per heavy atom. The van der Waals surface area contributed by atoms with Crippen molar-refractivity contribution in [2.45, 2.75) is 38.3 Å². The lowest BCUT2D eigenvalue weighted by molar-refractivity contribution is 0.142. The molecular weight excluding hydrogens is 242 g/mol. The summed E-state index contributed by atoms with van der Waals surface area (Å²) in [5.74, 6) is 0.596. The average Bonchev–Trinajstić information content (AvgIpc) is 3.14. The highest BCUT2D eigenvalue weighted by molar-refractivity contribution is 5.28. The second kappa shape index (κ2) is 5.92. The zero-order chi connectivity index (χ0) is 13.1. The third-order valence-corrected chi connectivity index (χ3v) is 3.88. The summed E-state index contributed by atoms with van der Waals surface area (Å²) in [5.41, 5.74) is 1.01. The van der Waals surface area contributed by atoms with Crippen molar-refractivity contribution in [1.82, 2.24) is 10.3 Å². The minimum absolute atomic E-state index is 0.596. The molecule has 2 heterocycles. The maximum absolute atomic E-state index is 5.62. The molecule has 1 saturated carbocycles. The predicted molar refractivity (Wildman–Crippen MR) is 73.2 cm³/mol. The minimum Gasteiger partial charge on any atom is -0.432 e. The zero-order valence-electron chi connectivity index (χ0n) is 11.6. The van der Waals surface area contributed by atoms with Crippen molar-refractivity contribution < 1.29 is 9.15 Å². The summed E-state index contributed by atoms with van der Waals surface area (Å²) in [4.78, 5) is 6.83. The smallest absolute Gasteiger partial charge is 0.297 e. The molecule has 0 bridgehead atoms. The second-order valence-electron chi connectivity index (χ2n) is 5.69. The summed E-state index contributed by atoms with van der Waals surface area (Å²) in [6.07, 6.45) is 6.81. The van der Waals surface area contributed by atoms with Gasteiger partial charge in [-0.2, -0.15) is 4.98 Å². The van der Waals surface area contributed by atoms with Crippen molar-refractivity contribution in [3.05, 3.63) is 12.0 Å². The van der Waals surface area contributed by atoms with Crippen molar-refractivity contribution >= 4 is 6.01 Å². The van der Waals surface area contributed by atoms with Gasteiger partial charge in [-0.05, 0) is 31.6 Å². The highest BCUT2D eigenvalue weighted by atomic mass is 16.5. The van der Waals surface area contributed by atoms with E-state index in [9.17, 15) is 0 Å². The Bertz CT molecular complexity index is 401. The van der Waals surface area contributed by atoms with E-state index in [4.69, 9.17) is 9.15 Å². The Labute approximate surface area is 114 Å². The van der Waals surface area contributed by atoms with Gasteiger partial charge in [0.05, 0.1) is 12.3 Å². The molecule has 0 spiro atoms. The summed E-state index contributed by atoms with van der Waals surface area (Å²) in [6.45, 7) is 3.68.